The van der Waals surface area contributed by atoms with Gasteiger partial charge in [-0.1, -0.05) is 47.1 Å². The Balaban J connectivity index is 1.71. The van der Waals surface area contributed by atoms with E-state index in [0.29, 0.717) is 19.8 Å². The molecule has 1 N–H and O–H groups in total. The lowest BCUT2D eigenvalue weighted by Crippen LogP contribution is -2.04. The number of rotatable bonds is 9. The summed E-state index contributed by atoms with van der Waals surface area (Å²) >= 11 is 7.12. The predicted molar refractivity (Wildman–Crippen MR) is 127 cm³/mol. The van der Waals surface area contributed by atoms with E-state index in [4.69, 9.17) is 9.47 Å². The Morgan fingerprint density at radius 1 is 0.793 bits per heavy atom. The van der Waals surface area contributed by atoms with Crippen LogP contribution in [0.3, 0.4) is 0 Å². The lowest BCUT2D eigenvalue weighted by Gasteiger charge is -2.16. The average Bonchev–Trinajstić information content (AvgIpc) is 2.73. The first-order chi connectivity index (χ1) is 14.1. The van der Waals surface area contributed by atoms with Crippen LogP contribution in [0.15, 0.2) is 69.6 Å². The summed E-state index contributed by atoms with van der Waals surface area (Å²) < 4.78 is 13.9. The summed E-state index contributed by atoms with van der Waals surface area (Å²) in [5.74, 6) is 1.47. The summed E-state index contributed by atoms with van der Waals surface area (Å²) in [5, 5.41) is 3.47. The summed E-state index contributed by atoms with van der Waals surface area (Å²) in [6.45, 7) is 5.91. The molecule has 3 nitrogen and oxygen atoms in total. The van der Waals surface area contributed by atoms with Crippen LogP contribution in [-0.4, -0.2) is 6.61 Å². The molecule has 3 aromatic rings. The average molecular weight is 519 g/mol. The number of hydrogen-bond acceptors (Lipinski definition) is 3. The first-order valence-corrected chi connectivity index (χ1v) is 11.3. The van der Waals surface area contributed by atoms with Crippen LogP contribution in [0.5, 0.6) is 11.5 Å². The molecule has 0 aromatic heterocycles. The second-order valence-corrected chi connectivity index (χ2v) is 8.43. The molecule has 0 amide bonds. The molecule has 0 fully saturated rings. The molecule has 152 valence electrons. The van der Waals surface area contributed by atoms with E-state index in [1.54, 1.807) is 0 Å². The number of benzene rings is 3. The maximum absolute atomic E-state index is 6.08. The van der Waals surface area contributed by atoms with Gasteiger partial charge in [-0.25, -0.2) is 0 Å². The topological polar surface area (TPSA) is 30.5 Å². The van der Waals surface area contributed by atoms with Crippen LogP contribution in [0, 0.1) is 0 Å². The zero-order chi connectivity index (χ0) is 20.6. The Morgan fingerprint density at radius 3 is 2.14 bits per heavy atom. The SMILES string of the molecule is CCOc1cc(CNc2ccc(CC)cc2)cc(Br)c1OCc1ccc(Br)cc1. The summed E-state index contributed by atoms with van der Waals surface area (Å²) in [6, 6.07) is 20.8. The standard InChI is InChI=1S/C24H25Br2NO2/c1-3-17-7-11-21(12-8-17)27-15-19-13-22(26)24(23(14-19)28-4-2)29-16-18-5-9-20(25)10-6-18/h5-14,27H,3-4,15-16H2,1-2H3. The van der Waals surface area contributed by atoms with E-state index >= 15 is 0 Å². The molecule has 0 atom stereocenters. The third-order valence-electron chi connectivity index (χ3n) is 4.52. The molecule has 0 aliphatic carbocycles. The molecule has 0 aliphatic rings. The van der Waals surface area contributed by atoms with Gasteiger partial charge in [0.05, 0.1) is 11.1 Å². The Morgan fingerprint density at radius 2 is 1.48 bits per heavy atom. The van der Waals surface area contributed by atoms with Gasteiger partial charge < -0.3 is 14.8 Å². The largest absolute Gasteiger partial charge is 0.490 e. The van der Waals surface area contributed by atoms with Crippen molar-refractivity contribution in [2.24, 2.45) is 0 Å². The van der Waals surface area contributed by atoms with E-state index < -0.39 is 0 Å². The summed E-state index contributed by atoms with van der Waals surface area (Å²) in [4.78, 5) is 0. The predicted octanol–water partition coefficient (Wildman–Crippen LogP) is 7.36. The Hall–Kier alpha value is -1.98. The van der Waals surface area contributed by atoms with Crippen molar-refractivity contribution in [3.63, 3.8) is 0 Å². The fraction of sp³-hybridized carbons (Fsp3) is 0.250. The molecule has 5 heteroatoms. The first-order valence-electron chi connectivity index (χ1n) is 9.74. The maximum atomic E-state index is 6.08. The molecule has 0 spiro atoms. The number of hydrogen-bond donors (Lipinski definition) is 1. The number of aryl methyl sites for hydroxylation is 1. The van der Waals surface area contributed by atoms with Crippen molar-refractivity contribution in [1.82, 2.24) is 0 Å². The molecule has 3 rings (SSSR count). The molecule has 0 saturated carbocycles. The molecule has 0 unspecified atom stereocenters. The highest BCUT2D eigenvalue weighted by atomic mass is 79.9. The van der Waals surface area contributed by atoms with E-state index in [1.165, 1.54) is 5.56 Å². The van der Waals surface area contributed by atoms with Crippen LogP contribution in [0.2, 0.25) is 0 Å². The van der Waals surface area contributed by atoms with Crippen molar-refractivity contribution >= 4 is 37.5 Å². The number of halogens is 2. The zero-order valence-corrected chi connectivity index (χ0v) is 19.8. The Kier molecular flexibility index (Phi) is 8.01. The van der Waals surface area contributed by atoms with Crippen molar-refractivity contribution in [2.75, 3.05) is 11.9 Å². The van der Waals surface area contributed by atoms with Gasteiger partial charge in [0.25, 0.3) is 0 Å². The molecule has 29 heavy (non-hydrogen) atoms. The van der Waals surface area contributed by atoms with Crippen molar-refractivity contribution in [2.45, 2.75) is 33.4 Å². The maximum Gasteiger partial charge on any atom is 0.175 e. The molecule has 0 saturated heterocycles. The minimum Gasteiger partial charge on any atom is -0.490 e. The molecule has 0 radical (unpaired) electrons. The summed E-state index contributed by atoms with van der Waals surface area (Å²) in [6.07, 6.45) is 1.05. The first kappa shape index (κ1) is 21.7. The highest BCUT2D eigenvalue weighted by Crippen LogP contribution is 2.37. The number of anilines is 1. The van der Waals surface area contributed by atoms with E-state index in [9.17, 15) is 0 Å². The Bertz CT molecular complexity index is 925. The van der Waals surface area contributed by atoms with Crippen LogP contribution in [0.25, 0.3) is 0 Å². The lowest BCUT2D eigenvalue weighted by atomic mass is 10.1. The van der Waals surface area contributed by atoms with E-state index in [-0.39, 0.29) is 0 Å². The number of ether oxygens (including phenoxy) is 2. The lowest BCUT2D eigenvalue weighted by molar-refractivity contribution is 0.267. The second-order valence-electron chi connectivity index (χ2n) is 6.66. The fourth-order valence-electron chi connectivity index (χ4n) is 2.93. The van der Waals surface area contributed by atoms with Gasteiger partial charge in [-0.3, -0.25) is 0 Å². The summed E-state index contributed by atoms with van der Waals surface area (Å²) in [7, 11) is 0. The van der Waals surface area contributed by atoms with Gasteiger partial charge in [0.15, 0.2) is 11.5 Å². The normalized spacial score (nSPS) is 10.6. The van der Waals surface area contributed by atoms with Gasteiger partial charge in [-0.15, -0.1) is 0 Å². The van der Waals surface area contributed by atoms with Crippen molar-refractivity contribution < 1.29 is 9.47 Å². The van der Waals surface area contributed by atoms with Crippen LogP contribution < -0.4 is 14.8 Å². The molecule has 0 heterocycles. The van der Waals surface area contributed by atoms with Gasteiger partial charge in [-0.05, 0) is 82.4 Å². The smallest absolute Gasteiger partial charge is 0.175 e. The molecule has 0 aliphatic heterocycles. The highest BCUT2D eigenvalue weighted by Gasteiger charge is 2.13. The molecular weight excluding hydrogens is 494 g/mol. The van der Waals surface area contributed by atoms with E-state index in [1.807, 2.05) is 37.3 Å². The Labute approximate surface area is 189 Å². The van der Waals surface area contributed by atoms with Crippen molar-refractivity contribution in [3.8, 4) is 11.5 Å². The van der Waals surface area contributed by atoms with Crippen molar-refractivity contribution in [3.05, 3.63) is 86.3 Å². The quantitative estimate of drug-likeness (QED) is 0.321. The van der Waals surface area contributed by atoms with Gasteiger partial charge in [0.1, 0.15) is 6.61 Å². The van der Waals surface area contributed by atoms with Gasteiger partial charge in [0.2, 0.25) is 0 Å². The van der Waals surface area contributed by atoms with Crippen LogP contribution in [-0.2, 0) is 19.6 Å². The molecule has 0 bridgehead atoms. The van der Waals surface area contributed by atoms with E-state index in [0.717, 1.165) is 43.7 Å². The van der Waals surface area contributed by atoms with Crippen LogP contribution >= 0.6 is 31.9 Å². The third kappa shape index (κ3) is 6.25. The van der Waals surface area contributed by atoms with Crippen LogP contribution in [0.1, 0.15) is 30.5 Å². The molecule has 3 aromatic carbocycles. The zero-order valence-electron chi connectivity index (χ0n) is 16.7. The summed E-state index contributed by atoms with van der Waals surface area (Å²) in [5.41, 5.74) is 4.66. The van der Waals surface area contributed by atoms with Gasteiger partial charge >= 0.3 is 0 Å². The van der Waals surface area contributed by atoms with Gasteiger partial charge in [0, 0.05) is 16.7 Å². The monoisotopic (exact) mass is 517 g/mol. The minimum atomic E-state index is 0.479. The van der Waals surface area contributed by atoms with E-state index in [2.05, 4.69) is 74.4 Å². The molecular formula is C24H25Br2NO2. The fourth-order valence-corrected chi connectivity index (χ4v) is 3.79. The van der Waals surface area contributed by atoms with Gasteiger partial charge in [-0.2, -0.15) is 0 Å². The van der Waals surface area contributed by atoms with Crippen LogP contribution in [0.4, 0.5) is 5.69 Å². The number of nitrogens with one attached hydrogen (secondary N) is 1. The minimum absolute atomic E-state index is 0.479. The van der Waals surface area contributed by atoms with Crippen molar-refractivity contribution in [1.29, 1.82) is 0 Å². The third-order valence-corrected chi connectivity index (χ3v) is 5.64. The second kappa shape index (κ2) is 10.7. The highest BCUT2D eigenvalue weighted by molar-refractivity contribution is 9.10.